The molecule has 0 aliphatic carbocycles. The Morgan fingerprint density at radius 1 is 1.12 bits per heavy atom. The summed E-state index contributed by atoms with van der Waals surface area (Å²) in [6.07, 6.45) is 6.45. The van der Waals surface area contributed by atoms with Crippen molar-refractivity contribution in [2.45, 2.75) is 58.0 Å². The predicted molar refractivity (Wildman–Crippen MR) is 102 cm³/mol. The number of aliphatic carboxylic acids is 1. The number of ether oxygens (including phenoxy) is 1. The van der Waals surface area contributed by atoms with Gasteiger partial charge in [-0.25, -0.2) is 9.78 Å². The Hall–Kier alpha value is -1.72. The molecule has 1 N–H and O–H groups in total. The first-order valence-corrected chi connectivity index (χ1v) is 9.74. The largest absolute Gasteiger partial charge is 0.479 e. The molecule has 0 saturated carbocycles. The molecule has 0 spiro atoms. The second kappa shape index (κ2) is 9.68. The molecule has 0 atom stereocenters. The van der Waals surface area contributed by atoms with Gasteiger partial charge in [-0.3, -0.25) is 0 Å². The molecule has 1 heterocycles. The van der Waals surface area contributed by atoms with Gasteiger partial charge in [0, 0.05) is 17.6 Å². The summed E-state index contributed by atoms with van der Waals surface area (Å²) in [5.41, 5.74) is 1.28. The number of hydrogen-bond donors (Lipinski definition) is 1. The summed E-state index contributed by atoms with van der Waals surface area (Å²) in [6.45, 7) is 3.69. The number of carbonyl (C=O) groups is 1. The lowest BCUT2D eigenvalue weighted by atomic mass is 10.1. The van der Waals surface area contributed by atoms with Crippen molar-refractivity contribution in [1.29, 1.82) is 0 Å². The van der Waals surface area contributed by atoms with Crippen LogP contribution in [0.2, 0.25) is 0 Å². The van der Waals surface area contributed by atoms with Gasteiger partial charge in [0.25, 0.3) is 0 Å². The molecule has 4 nitrogen and oxygen atoms in total. The molecule has 0 radical (unpaired) electrons. The SMILES string of the molecule is CC(C)(OCCCCCCCc1csc(-c2ccccc2)n1)C(=O)O. The number of rotatable bonds is 11. The topological polar surface area (TPSA) is 59.4 Å². The zero-order valence-electron chi connectivity index (χ0n) is 15.0. The summed E-state index contributed by atoms with van der Waals surface area (Å²) >= 11 is 1.71. The third-order valence-electron chi connectivity index (χ3n) is 4.13. The second-order valence-corrected chi connectivity index (χ2v) is 7.55. The van der Waals surface area contributed by atoms with Crippen molar-refractivity contribution in [2.75, 3.05) is 6.61 Å². The van der Waals surface area contributed by atoms with Gasteiger partial charge < -0.3 is 9.84 Å². The Morgan fingerprint density at radius 3 is 2.52 bits per heavy atom. The first-order chi connectivity index (χ1) is 12.0. The van der Waals surface area contributed by atoms with Gasteiger partial charge >= 0.3 is 5.97 Å². The Kier molecular flexibility index (Phi) is 7.59. The maximum atomic E-state index is 10.9. The normalized spacial score (nSPS) is 11.6. The van der Waals surface area contributed by atoms with E-state index in [-0.39, 0.29) is 0 Å². The molecule has 0 fully saturated rings. The summed E-state index contributed by atoms with van der Waals surface area (Å²) in [7, 11) is 0. The molecule has 0 amide bonds. The Morgan fingerprint density at radius 2 is 1.80 bits per heavy atom. The van der Waals surface area contributed by atoms with E-state index < -0.39 is 11.6 Å². The minimum absolute atomic E-state index is 0.506. The number of aromatic nitrogens is 1. The molecular formula is C20H27NO3S. The van der Waals surface area contributed by atoms with E-state index in [1.165, 1.54) is 17.7 Å². The molecular weight excluding hydrogens is 334 g/mol. The molecule has 0 saturated heterocycles. The van der Waals surface area contributed by atoms with Crippen LogP contribution in [-0.4, -0.2) is 28.3 Å². The number of carboxylic acids is 1. The lowest BCUT2D eigenvalue weighted by molar-refractivity contribution is -0.161. The Balaban J connectivity index is 1.57. The number of unbranched alkanes of at least 4 members (excludes halogenated alkanes) is 4. The van der Waals surface area contributed by atoms with E-state index in [0.717, 1.165) is 37.1 Å². The average molecular weight is 362 g/mol. The van der Waals surface area contributed by atoms with Crippen LogP contribution in [0.5, 0.6) is 0 Å². The second-order valence-electron chi connectivity index (χ2n) is 6.69. The van der Waals surface area contributed by atoms with Gasteiger partial charge in [-0.1, -0.05) is 49.6 Å². The van der Waals surface area contributed by atoms with Crippen molar-refractivity contribution >= 4 is 17.3 Å². The maximum Gasteiger partial charge on any atom is 0.335 e. The highest BCUT2D eigenvalue weighted by Crippen LogP contribution is 2.24. The van der Waals surface area contributed by atoms with Crippen LogP contribution in [0.1, 0.15) is 51.6 Å². The van der Waals surface area contributed by atoms with E-state index in [1.54, 1.807) is 25.2 Å². The third-order valence-corrected chi connectivity index (χ3v) is 5.07. The van der Waals surface area contributed by atoms with E-state index in [4.69, 9.17) is 14.8 Å². The monoisotopic (exact) mass is 361 g/mol. The lowest BCUT2D eigenvalue weighted by Crippen LogP contribution is -2.35. The highest BCUT2D eigenvalue weighted by atomic mass is 32.1. The van der Waals surface area contributed by atoms with Gasteiger partial charge in [0.2, 0.25) is 0 Å². The first-order valence-electron chi connectivity index (χ1n) is 8.86. The van der Waals surface area contributed by atoms with Crippen LogP contribution in [0.25, 0.3) is 10.6 Å². The highest BCUT2D eigenvalue weighted by Gasteiger charge is 2.27. The summed E-state index contributed by atoms with van der Waals surface area (Å²) in [4.78, 5) is 15.6. The summed E-state index contributed by atoms with van der Waals surface area (Å²) in [5, 5.41) is 12.2. The van der Waals surface area contributed by atoms with Gasteiger partial charge in [-0.15, -0.1) is 11.3 Å². The molecule has 0 aliphatic rings. The van der Waals surface area contributed by atoms with Crippen molar-refractivity contribution in [3.05, 3.63) is 41.4 Å². The average Bonchev–Trinajstić information content (AvgIpc) is 3.07. The van der Waals surface area contributed by atoms with Crippen LogP contribution in [0.15, 0.2) is 35.7 Å². The zero-order chi connectivity index (χ0) is 18.1. The van der Waals surface area contributed by atoms with Gasteiger partial charge in [0.15, 0.2) is 5.60 Å². The van der Waals surface area contributed by atoms with Gasteiger partial charge in [-0.05, 0) is 33.1 Å². The predicted octanol–water partition coefficient (Wildman–Crippen LogP) is 5.18. The van der Waals surface area contributed by atoms with E-state index in [0.29, 0.717) is 6.61 Å². The zero-order valence-corrected chi connectivity index (χ0v) is 15.8. The molecule has 1 aromatic carbocycles. The molecule has 5 heteroatoms. The molecule has 0 unspecified atom stereocenters. The van der Waals surface area contributed by atoms with Crippen molar-refractivity contribution in [1.82, 2.24) is 4.98 Å². The number of benzene rings is 1. The fourth-order valence-corrected chi connectivity index (χ4v) is 3.32. The van der Waals surface area contributed by atoms with Gasteiger partial charge in [0.05, 0.1) is 5.69 Å². The quantitative estimate of drug-likeness (QED) is 0.560. The van der Waals surface area contributed by atoms with Crippen LogP contribution in [0.4, 0.5) is 0 Å². The lowest BCUT2D eigenvalue weighted by Gasteiger charge is -2.19. The number of nitrogens with zero attached hydrogens (tertiary/aromatic N) is 1. The van der Waals surface area contributed by atoms with Gasteiger partial charge in [0.1, 0.15) is 5.01 Å². The van der Waals surface area contributed by atoms with E-state index in [1.807, 2.05) is 18.2 Å². The van der Waals surface area contributed by atoms with Crippen molar-refractivity contribution < 1.29 is 14.6 Å². The summed E-state index contributed by atoms with van der Waals surface area (Å²) in [5.74, 6) is -0.911. The summed E-state index contributed by atoms with van der Waals surface area (Å²) in [6, 6.07) is 10.3. The molecule has 2 aromatic rings. The van der Waals surface area contributed by atoms with Gasteiger partial charge in [-0.2, -0.15) is 0 Å². The van der Waals surface area contributed by atoms with Crippen molar-refractivity contribution in [3.63, 3.8) is 0 Å². The number of carboxylic acid groups (broad SMARTS) is 1. The van der Waals surface area contributed by atoms with Crippen LogP contribution in [-0.2, 0) is 16.0 Å². The fourth-order valence-electron chi connectivity index (χ4n) is 2.46. The number of thiazole rings is 1. The fraction of sp³-hybridized carbons (Fsp3) is 0.500. The van der Waals surface area contributed by atoms with E-state index >= 15 is 0 Å². The Bertz CT molecular complexity index is 652. The molecule has 0 bridgehead atoms. The smallest absolute Gasteiger partial charge is 0.335 e. The first kappa shape index (κ1) is 19.6. The number of aryl methyl sites for hydroxylation is 1. The molecule has 1 aromatic heterocycles. The molecule has 2 rings (SSSR count). The van der Waals surface area contributed by atoms with Crippen molar-refractivity contribution in [3.8, 4) is 10.6 Å². The standard InChI is InChI=1S/C20H27NO3S/c1-20(2,19(22)23)24-14-10-5-3-4-9-13-17-15-25-18(21-17)16-11-7-6-8-12-16/h6-8,11-12,15H,3-5,9-10,13-14H2,1-2H3,(H,22,23). The van der Waals surface area contributed by atoms with Crippen molar-refractivity contribution in [2.24, 2.45) is 0 Å². The van der Waals surface area contributed by atoms with Crippen LogP contribution >= 0.6 is 11.3 Å². The summed E-state index contributed by atoms with van der Waals surface area (Å²) < 4.78 is 5.40. The van der Waals surface area contributed by atoms with Crippen LogP contribution in [0, 0.1) is 0 Å². The van der Waals surface area contributed by atoms with Crippen LogP contribution < -0.4 is 0 Å². The highest BCUT2D eigenvalue weighted by molar-refractivity contribution is 7.13. The van der Waals surface area contributed by atoms with E-state index in [2.05, 4.69) is 17.5 Å². The molecule has 0 aliphatic heterocycles. The third kappa shape index (κ3) is 6.59. The minimum atomic E-state index is -1.08. The molecule has 25 heavy (non-hydrogen) atoms. The van der Waals surface area contributed by atoms with Crippen LogP contribution in [0.3, 0.4) is 0 Å². The number of hydrogen-bond acceptors (Lipinski definition) is 4. The maximum absolute atomic E-state index is 10.9. The minimum Gasteiger partial charge on any atom is -0.479 e. The molecule has 136 valence electrons. The Labute approximate surface area is 153 Å². The van der Waals surface area contributed by atoms with E-state index in [9.17, 15) is 4.79 Å².